The molecular weight excluding hydrogens is 248 g/mol. The lowest BCUT2D eigenvalue weighted by molar-refractivity contribution is 0.00851. The molecule has 0 saturated carbocycles. The quantitative estimate of drug-likeness (QED) is 0.866. The smallest absolute Gasteiger partial charge is 0.179 e. The fourth-order valence-corrected chi connectivity index (χ4v) is 2.37. The fourth-order valence-electron chi connectivity index (χ4n) is 2.12. The first kappa shape index (κ1) is 13.3. The third-order valence-electron chi connectivity index (χ3n) is 3.25. The normalized spacial score (nSPS) is 12.5. The highest BCUT2D eigenvalue weighted by Crippen LogP contribution is 2.21. The van der Waals surface area contributed by atoms with E-state index in [4.69, 9.17) is 17.0 Å². The zero-order valence-electron chi connectivity index (χ0n) is 11.6. The number of aromatic nitrogens is 4. The molecule has 0 aliphatic heterocycles. The number of hydrogen-bond acceptors (Lipinski definition) is 3. The summed E-state index contributed by atoms with van der Waals surface area (Å²) in [6, 6.07) is 0. The van der Waals surface area contributed by atoms with Gasteiger partial charge in [0, 0.05) is 14.2 Å². The second kappa shape index (κ2) is 4.51. The molecule has 0 spiro atoms. The highest BCUT2D eigenvalue weighted by molar-refractivity contribution is 7.71. The molecule has 18 heavy (non-hydrogen) atoms. The molecule has 0 bridgehead atoms. The minimum absolute atomic E-state index is 0.260. The van der Waals surface area contributed by atoms with Crippen molar-refractivity contribution in [1.82, 2.24) is 19.3 Å². The van der Waals surface area contributed by atoms with Crippen LogP contribution in [0.2, 0.25) is 0 Å². The van der Waals surface area contributed by atoms with Crippen molar-refractivity contribution >= 4 is 23.4 Å². The minimum atomic E-state index is -0.260. The first-order valence-electron chi connectivity index (χ1n) is 6.09. The van der Waals surface area contributed by atoms with Crippen LogP contribution in [0.15, 0.2) is 0 Å². The van der Waals surface area contributed by atoms with Gasteiger partial charge >= 0.3 is 0 Å². The summed E-state index contributed by atoms with van der Waals surface area (Å²) in [5.74, 6) is 0. The third-order valence-corrected chi connectivity index (χ3v) is 3.57. The van der Waals surface area contributed by atoms with Crippen LogP contribution in [0.25, 0.3) is 11.2 Å². The van der Waals surface area contributed by atoms with Gasteiger partial charge in [0.15, 0.2) is 10.4 Å². The summed E-state index contributed by atoms with van der Waals surface area (Å²) in [5.41, 5.74) is 2.86. The van der Waals surface area contributed by atoms with E-state index in [1.807, 2.05) is 25.6 Å². The molecule has 0 aromatic carbocycles. The molecule has 2 rings (SSSR count). The van der Waals surface area contributed by atoms with Crippen LogP contribution in [0, 0.1) is 4.77 Å². The molecule has 6 heteroatoms. The Bertz CT molecular complexity index is 620. The Morgan fingerprint density at radius 1 is 1.44 bits per heavy atom. The number of nitrogens with one attached hydrogen (secondary N) is 1. The Labute approximate surface area is 112 Å². The number of rotatable bonds is 4. The van der Waals surface area contributed by atoms with Crippen LogP contribution in [0.1, 0.15) is 26.5 Å². The molecule has 0 aliphatic rings. The van der Waals surface area contributed by atoms with Crippen LogP contribution < -0.4 is 0 Å². The zero-order valence-corrected chi connectivity index (χ0v) is 12.4. The van der Waals surface area contributed by atoms with Crippen LogP contribution in [0.3, 0.4) is 0 Å². The third kappa shape index (κ3) is 2.10. The summed E-state index contributed by atoms with van der Waals surface area (Å²) in [6.45, 7) is 6.88. The largest absolute Gasteiger partial charge is 0.377 e. The van der Waals surface area contributed by atoms with Crippen LogP contribution >= 0.6 is 12.2 Å². The summed E-state index contributed by atoms with van der Waals surface area (Å²) in [5, 5.41) is 4.50. The molecular formula is C12H20N4OS. The van der Waals surface area contributed by atoms with E-state index in [0.29, 0.717) is 6.54 Å². The van der Waals surface area contributed by atoms with Gasteiger partial charge in [-0.1, -0.05) is 6.92 Å². The van der Waals surface area contributed by atoms with E-state index in [-0.39, 0.29) is 5.60 Å². The number of fused-ring (bicyclic) bond motifs is 1. The van der Waals surface area contributed by atoms with Crippen molar-refractivity contribution in [3.05, 3.63) is 10.5 Å². The van der Waals surface area contributed by atoms with Crippen molar-refractivity contribution in [3.63, 3.8) is 0 Å². The summed E-state index contributed by atoms with van der Waals surface area (Å²) in [7, 11) is 3.66. The van der Waals surface area contributed by atoms with Crippen LogP contribution in [-0.2, 0) is 24.8 Å². The molecule has 0 aliphatic carbocycles. The Kier molecular flexibility index (Phi) is 3.33. The highest BCUT2D eigenvalue weighted by atomic mass is 32.1. The molecule has 100 valence electrons. The van der Waals surface area contributed by atoms with Gasteiger partial charge in [0.2, 0.25) is 0 Å². The second-order valence-corrected chi connectivity index (χ2v) is 5.49. The fraction of sp³-hybridized carbons (Fsp3) is 0.667. The molecule has 0 unspecified atom stereocenters. The molecule has 0 atom stereocenters. The number of aryl methyl sites for hydroxylation is 2. The molecule has 5 nitrogen and oxygen atoms in total. The number of ether oxygens (including phenoxy) is 1. The molecule has 2 heterocycles. The summed E-state index contributed by atoms with van der Waals surface area (Å²) < 4.78 is 10.1. The van der Waals surface area contributed by atoms with E-state index >= 15 is 0 Å². The Hall–Kier alpha value is -1.14. The Morgan fingerprint density at radius 2 is 2.11 bits per heavy atom. The van der Waals surface area contributed by atoms with Crippen molar-refractivity contribution in [2.24, 2.45) is 7.05 Å². The van der Waals surface area contributed by atoms with E-state index in [1.54, 1.807) is 7.11 Å². The average molecular weight is 268 g/mol. The summed E-state index contributed by atoms with van der Waals surface area (Å²) >= 11 is 5.40. The second-order valence-electron chi connectivity index (χ2n) is 5.10. The van der Waals surface area contributed by atoms with Gasteiger partial charge in [0.1, 0.15) is 5.52 Å². The van der Waals surface area contributed by atoms with E-state index < -0.39 is 0 Å². The van der Waals surface area contributed by atoms with E-state index in [2.05, 4.69) is 21.6 Å². The molecule has 2 aromatic heterocycles. The van der Waals surface area contributed by atoms with Crippen LogP contribution in [-0.4, -0.2) is 32.0 Å². The van der Waals surface area contributed by atoms with Crippen molar-refractivity contribution in [1.29, 1.82) is 0 Å². The van der Waals surface area contributed by atoms with E-state index in [9.17, 15) is 0 Å². The number of imidazole rings is 1. The number of aromatic amines is 1. The number of methoxy groups -OCH3 is 1. The number of hydrogen-bond donors (Lipinski definition) is 1. The lowest BCUT2D eigenvalue weighted by Crippen LogP contribution is -2.29. The maximum absolute atomic E-state index is 5.48. The number of nitrogens with zero attached hydrogens (tertiary/aromatic N) is 3. The van der Waals surface area contributed by atoms with Gasteiger partial charge in [-0.3, -0.25) is 9.25 Å². The van der Waals surface area contributed by atoms with Crippen molar-refractivity contribution in [3.8, 4) is 0 Å². The number of H-pyrrole nitrogens is 1. The lowest BCUT2D eigenvalue weighted by Gasteiger charge is -2.23. The van der Waals surface area contributed by atoms with Crippen molar-refractivity contribution in [2.45, 2.75) is 39.3 Å². The van der Waals surface area contributed by atoms with Gasteiger partial charge in [-0.05, 0) is 32.5 Å². The Balaban J connectivity index is 2.61. The SMILES string of the molecule is CCc1nn(C)c2c1[nH]c(=S)n2CC(C)(C)OC. The average Bonchev–Trinajstić information content (AvgIpc) is 2.78. The maximum Gasteiger partial charge on any atom is 0.179 e. The van der Waals surface area contributed by atoms with Crippen LogP contribution in [0.4, 0.5) is 0 Å². The van der Waals surface area contributed by atoms with E-state index in [1.165, 1.54) is 0 Å². The predicted octanol–water partition coefficient (Wildman–Crippen LogP) is 2.42. The van der Waals surface area contributed by atoms with Gasteiger partial charge in [-0.15, -0.1) is 0 Å². The van der Waals surface area contributed by atoms with Crippen LogP contribution in [0.5, 0.6) is 0 Å². The molecule has 2 aromatic rings. The van der Waals surface area contributed by atoms with E-state index in [0.717, 1.165) is 28.0 Å². The van der Waals surface area contributed by atoms with Gasteiger partial charge < -0.3 is 9.72 Å². The molecule has 1 N–H and O–H groups in total. The van der Waals surface area contributed by atoms with Gasteiger partial charge in [-0.25, -0.2) is 0 Å². The van der Waals surface area contributed by atoms with Crippen molar-refractivity contribution in [2.75, 3.05) is 7.11 Å². The monoisotopic (exact) mass is 268 g/mol. The summed E-state index contributed by atoms with van der Waals surface area (Å²) in [4.78, 5) is 3.25. The maximum atomic E-state index is 5.48. The first-order chi connectivity index (χ1) is 8.39. The molecule has 0 amide bonds. The topological polar surface area (TPSA) is 47.8 Å². The standard InChI is InChI=1S/C12H20N4OS/c1-6-8-9-10(15(4)14-8)16(11(18)13-9)7-12(2,3)17-5/h6-7H2,1-5H3,(H,13,18). The van der Waals surface area contributed by atoms with Gasteiger partial charge in [-0.2, -0.15) is 5.10 Å². The van der Waals surface area contributed by atoms with Gasteiger partial charge in [0.25, 0.3) is 0 Å². The summed E-state index contributed by atoms with van der Waals surface area (Å²) in [6.07, 6.45) is 0.889. The first-order valence-corrected chi connectivity index (χ1v) is 6.50. The van der Waals surface area contributed by atoms with Gasteiger partial charge in [0.05, 0.1) is 17.8 Å². The highest BCUT2D eigenvalue weighted by Gasteiger charge is 2.22. The predicted molar refractivity (Wildman–Crippen MR) is 74.4 cm³/mol. The minimum Gasteiger partial charge on any atom is -0.377 e. The molecule has 0 saturated heterocycles. The molecule has 0 radical (unpaired) electrons. The zero-order chi connectivity index (χ0) is 13.5. The molecule has 0 fully saturated rings. The Morgan fingerprint density at radius 3 is 2.67 bits per heavy atom. The van der Waals surface area contributed by atoms with Crippen molar-refractivity contribution < 1.29 is 4.74 Å². The lowest BCUT2D eigenvalue weighted by atomic mass is 10.1.